The van der Waals surface area contributed by atoms with Crippen LogP contribution in [0.2, 0.25) is 10.0 Å². The molecule has 1 nitrogen and oxygen atoms in total. The first-order valence-electron chi connectivity index (χ1n) is 6.44. The van der Waals surface area contributed by atoms with Crippen molar-refractivity contribution in [3.63, 3.8) is 0 Å². The number of hydrogen-bond donors (Lipinski definition) is 1. The summed E-state index contributed by atoms with van der Waals surface area (Å²) in [6.07, 6.45) is 0.712. The van der Waals surface area contributed by atoms with Crippen molar-refractivity contribution in [2.75, 3.05) is 13.6 Å². The highest BCUT2D eigenvalue weighted by Gasteiger charge is 2.14. The number of rotatable bonds is 5. The maximum absolute atomic E-state index is 13.4. The molecule has 1 unspecified atom stereocenters. The smallest absolute Gasteiger partial charge is 0.123 e. The lowest BCUT2D eigenvalue weighted by atomic mass is 9.92. The van der Waals surface area contributed by atoms with Crippen molar-refractivity contribution in [3.8, 4) is 0 Å². The summed E-state index contributed by atoms with van der Waals surface area (Å²) in [5.41, 5.74) is 1.93. The fourth-order valence-corrected chi connectivity index (χ4v) is 2.67. The van der Waals surface area contributed by atoms with Crippen molar-refractivity contribution in [1.29, 1.82) is 0 Å². The van der Waals surface area contributed by atoms with E-state index in [9.17, 15) is 4.39 Å². The fourth-order valence-electron chi connectivity index (χ4n) is 2.28. The molecule has 2 aromatic rings. The maximum atomic E-state index is 13.4. The van der Waals surface area contributed by atoms with Gasteiger partial charge in [-0.25, -0.2) is 4.39 Å². The zero-order valence-corrected chi connectivity index (χ0v) is 12.7. The van der Waals surface area contributed by atoms with Crippen LogP contribution in [0.15, 0.2) is 42.5 Å². The average Bonchev–Trinajstić information content (AvgIpc) is 2.42. The molecule has 0 aliphatic rings. The van der Waals surface area contributed by atoms with Crippen molar-refractivity contribution in [2.45, 2.75) is 12.3 Å². The molecule has 1 N–H and O–H groups in total. The zero-order valence-electron chi connectivity index (χ0n) is 11.2. The van der Waals surface area contributed by atoms with Crippen molar-refractivity contribution < 1.29 is 4.39 Å². The van der Waals surface area contributed by atoms with E-state index in [0.29, 0.717) is 16.5 Å². The highest BCUT2D eigenvalue weighted by Crippen LogP contribution is 2.27. The highest BCUT2D eigenvalue weighted by atomic mass is 35.5. The van der Waals surface area contributed by atoms with Gasteiger partial charge in [0.05, 0.1) is 0 Å². The van der Waals surface area contributed by atoms with E-state index in [1.165, 1.54) is 6.07 Å². The first-order valence-corrected chi connectivity index (χ1v) is 7.19. The number of halogens is 3. The SMILES string of the molecule is CNCC(Cc1cc(Cl)ccc1Cl)c1cccc(F)c1. The molecular weight excluding hydrogens is 296 g/mol. The molecule has 0 amide bonds. The van der Waals surface area contributed by atoms with Gasteiger partial charge in [-0.1, -0.05) is 35.3 Å². The third-order valence-electron chi connectivity index (χ3n) is 3.24. The standard InChI is InChI=1S/C16H16Cl2FN/c1-20-10-13(11-3-2-4-15(19)9-11)7-12-8-14(17)5-6-16(12)18/h2-6,8-9,13,20H,7,10H2,1H3. The van der Waals surface area contributed by atoms with Gasteiger partial charge in [-0.15, -0.1) is 0 Å². The summed E-state index contributed by atoms with van der Waals surface area (Å²) >= 11 is 12.2. The zero-order chi connectivity index (χ0) is 14.5. The molecule has 20 heavy (non-hydrogen) atoms. The van der Waals surface area contributed by atoms with Gasteiger partial charge in [-0.3, -0.25) is 0 Å². The second-order valence-corrected chi connectivity index (χ2v) is 5.59. The Labute approximate surface area is 128 Å². The van der Waals surface area contributed by atoms with Gasteiger partial charge in [-0.05, 0) is 54.9 Å². The van der Waals surface area contributed by atoms with Gasteiger partial charge in [0.1, 0.15) is 5.82 Å². The predicted molar refractivity (Wildman–Crippen MR) is 83.2 cm³/mol. The van der Waals surface area contributed by atoms with Gasteiger partial charge in [0.25, 0.3) is 0 Å². The molecule has 0 spiro atoms. The van der Waals surface area contributed by atoms with E-state index in [-0.39, 0.29) is 11.7 Å². The Hall–Kier alpha value is -1.09. The van der Waals surface area contributed by atoms with E-state index in [2.05, 4.69) is 5.32 Å². The minimum Gasteiger partial charge on any atom is -0.319 e. The molecule has 0 radical (unpaired) electrons. The summed E-state index contributed by atoms with van der Waals surface area (Å²) in [5.74, 6) is -0.0764. The van der Waals surface area contributed by atoms with Crippen LogP contribution in [0.25, 0.3) is 0 Å². The summed E-state index contributed by atoms with van der Waals surface area (Å²) in [5, 5.41) is 4.49. The van der Waals surface area contributed by atoms with E-state index in [1.54, 1.807) is 24.3 Å². The van der Waals surface area contributed by atoms with Crippen molar-refractivity contribution >= 4 is 23.2 Å². The molecular formula is C16H16Cl2FN. The lowest BCUT2D eigenvalue weighted by molar-refractivity contribution is 0.601. The third kappa shape index (κ3) is 3.95. The largest absolute Gasteiger partial charge is 0.319 e. The molecule has 106 valence electrons. The summed E-state index contributed by atoms with van der Waals surface area (Å²) < 4.78 is 13.4. The quantitative estimate of drug-likeness (QED) is 0.845. The van der Waals surface area contributed by atoms with Crippen molar-refractivity contribution in [1.82, 2.24) is 5.32 Å². The van der Waals surface area contributed by atoms with Crippen LogP contribution in [0.1, 0.15) is 17.0 Å². The second kappa shape index (κ2) is 7.07. The second-order valence-electron chi connectivity index (χ2n) is 4.75. The van der Waals surface area contributed by atoms with Gasteiger partial charge in [0.15, 0.2) is 0 Å². The van der Waals surface area contributed by atoms with Gasteiger partial charge < -0.3 is 5.32 Å². The van der Waals surface area contributed by atoms with Crippen LogP contribution < -0.4 is 5.32 Å². The number of hydrogen-bond acceptors (Lipinski definition) is 1. The molecule has 0 saturated carbocycles. The molecule has 4 heteroatoms. The van der Waals surface area contributed by atoms with Gasteiger partial charge in [0, 0.05) is 22.5 Å². The molecule has 0 saturated heterocycles. The van der Waals surface area contributed by atoms with E-state index in [1.807, 2.05) is 19.2 Å². The Morgan fingerprint density at radius 2 is 1.95 bits per heavy atom. The van der Waals surface area contributed by atoms with Gasteiger partial charge in [-0.2, -0.15) is 0 Å². The van der Waals surface area contributed by atoms with E-state index >= 15 is 0 Å². The van der Waals surface area contributed by atoms with Crippen LogP contribution in [0, 0.1) is 5.82 Å². The lowest BCUT2D eigenvalue weighted by Crippen LogP contribution is -2.19. The summed E-state index contributed by atoms with van der Waals surface area (Å²) in [7, 11) is 1.88. The molecule has 2 rings (SSSR count). The van der Waals surface area contributed by atoms with E-state index < -0.39 is 0 Å². The third-order valence-corrected chi connectivity index (χ3v) is 3.85. The Morgan fingerprint density at radius 1 is 1.15 bits per heavy atom. The van der Waals surface area contributed by atoms with E-state index in [4.69, 9.17) is 23.2 Å². The van der Waals surface area contributed by atoms with Crippen LogP contribution in [0.5, 0.6) is 0 Å². The molecule has 0 aromatic heterocycles. The Kier molecular flexibility index (Phi) is 5.41. The normalized spacial score (nSPS) is 12.4. The lowest BCUT2D eigenvalue weighted by Gasteiger charge is -2.18. The van der Waals surface area contributed by atoms with Crippen LogP contribution in [-0.2, 0) is 6.42 Å². The van der Waals surface area contributed by atoms with Crippen molar-refractivity contribution in [2.24, 2.45) is 0 Å². The number of likely N-dealkylation sites (N-methyl/N-ethyl adjacent to an activating group) is 1. The Bertz CT molecular complexity index is 586. The van der Waals surface area contributed by atoms with Crippen LogP contribution >= 0.6 is 23.2 Å². The van der Waals surface area contributed by atoms with Crippen LogP contribution in [-0.4, -0.2) is 13.6 Å². The molecule has 0 aliphatic carbocycles. The maximum Gasteiger partial charge on any atom is 0.123 e. The molecule has 1 atom stereocenters. The molecule has 0 bridgehead atoms. The fraction of sp³-hybridized carbons (Fsp3) is 0.250. The van der Waals surface area contributed by atoms with Crippen LogP contribution in [0.4, 0.5) is 4.39 Å². The number of benzene rings is 2. The van der Waals surface area contributed by atoms with Crippen molar-refractivity contribution in [3.05, 3.63) is 69.5 Å². The summed E-state index contributed by atoms with van der Waals surface area (Å²) in [4.78, 5) is 0. The Morgan fingerprint density at radius 3 is 2.65 bits per heavy atom. The summed E-state index contributed by atoms with van der Waals surface area (Å²) in [6.45, 7) is 0.742. The summed E-state index contributed by atoms with van der Waals surface area (Å²) in [6, 6.07) is 12.1. The molecule has 0 aliphatic heterocycles. The minimum absolute atomic E-state index is 0.145. The minimum atomic E-state index is -0.221. The van der Waals surface area contributed by atoms with Gasteiger partial charge >= 0.3 is 0 Å². The first-order chi connectivity index (χ1) is 9.60. The Balaban J connectivity index is 2.27. The average molecular weight is 312 g/mol. The molecule has 0 heterocycles. The molecule has 0 fully saturated rings. The monoisotopic (exact) mass is 311 g/mol. The van der Waals surface area contributed by atoms with Gasteiger partial charge in [0.2, 0.25) is 0 Å². The van der Waals surface area contributed by atoms with Crippen LogP contribution in [0.3, 0.4) is 0 Å². The topological polar surface area (TPSA) is 12.0 Å². The molecule has 2 aromatic carbocycles. The first kappa shape index (κ1) is 15.3. The number of nitrogens with one attached hydrogen (secondary N) is 1. The predicted octanol–water partition coefficient (Wildman–Crippen LogP) is 4.68. The van der Waals surface area contributed by atoms with E-state index in [0.717, 1.165) is 17.7 Å². The highest BCUT2D eigenvalue weighted by molar-refractivity contribution is 6.33.